The molecule has 0 radical (unpaired) electrons. The average molecular weight is 279 g/mol. The molecule has 1 rings (SSSR count). The van der Waals surface area contributed by atoms with Crippen molar-refractivity contribution in [2.75, 3.05) is 24.3 Å². The van der Waals surface area contributed by atoms with Gasteiger partial charge in [-0.05, 0) is 17.5 Å². The van der Waals surface area contributed by atoms with Gasteiger partial charge >= 0.3 is 5.97 Å². The summed E-state index contributed by atoms with van der Waals surface area (Å²) < 4.78 is 0. The van der Waals surface area contributed by atoms with E-state index in [4.69, 9.17) is 5.11 Å². The van der Waals surface area contributed by atoms with Crippen LogP contribution in [0.15, 0.2) is 18.3 Å². The van der Waals surface area contributed by atoms with E-state index in [0.717, 1.165) is 5.82 Å². The quantitative estimate of drug-likeness (QED) is 0.832. The summed E-state index contributed by atoms with van der Waals surface area (Å²) in [5.74, 6) is -0.315. The highest BCUT2D eigenvalue weighted by molar-refractivity contribution is 5.91. The van der Waals surface area contributed by atoms with Gasteiger partial charge in [0.1, 0.15) is 5.82 Å². The largest absolute Gasteiger partial charge is 0.481 e. The summed E-state index contributed by atoms with van der Waals surface area (Å²) in [6.45, 7) is 3.52. The molecule has 0 fully saturated rings. The first-order valence-electron chi connectivity index (χ1n) is 6.35. The number of aliphatic carboxylic acids is 1. The van der Waals surface area contributed by atoms with Gasteiger partial charge in [-0.3, -0.25) is 9.59 Å². The molecule has 1 aromatic rings. The van der Waals surface area contributed by atoms with Gasteiger partial charge < -0.3 is 15.3 Å². The maximum absolute atomic E-state index is 11.9. The number of carboxylic acids is 1. The zero-order chi connectivity index (χ0) is 15.3. The highest BCUT2D eigenvalue weighted by atomic mass is 16.4. The van der Waals surface area contributed by atoms with Crippen molar-refractivity contribution in [3.63, 3.8) is 0 Å². The first kappa shape index (κ1) is 15.9. The Bertz CT molecular complexity index is 481. The summed E-state index contributed by atoms with van der Waals surface area (Å²) in [6.07, 6.45) is 1.68. The van der Waals surface area contributed by atoms with E-state index in [9.17, 15) is 9.59 Å². The van der Waals surface area contributed by atoms with Crippen LogP contribution in [0, 0.1) is 5.41 Å². The minimum Gasteiger partial charge on any atom is -0.481 e. The van der Waals surface area contributed by atoms with Gasteiger partial charge in [-0.15, -0.1) is 0 Å². The molecule has 0 saturated carbocycles. The van der Waals surface area contributed by atoms with E-state index in [-0.39, 0.29) is 18.7 Å². The highest BCUT2D eigenvalue weighted by Gasteiger charge is 2.25. The van der Waals surface area contributed by atoms with Crippen LogP contribution in [-0.4, -0.2) is 36.1 Å². The van der Waals surface area contributed by atoms with Crippen molar-refractivity contribution >= 4 is 23.4 Å². The van der Waals surface area contributed by atoms with Crippen LogP contribution in [-0.2, 0) is 9.59 Å². The number of aromatic nitrogens is 1. The fraction of sp³-hybridized carbons (Fsp3) is 0.500. The lowest BCUT2D eigenvalue weighted by molar-refractivity contribution is -0.139. The maximum atomic E-state index is 11.9. The number of hydrogen-bond donors (Lipinski definition) is 2. The molecule has 6 nitrogen and oxygen atoms in total. The SMILES string of the molecule is CN(C)c1ccc(NC(=O)CC(C)(C)CC(=O)O)cn1. The number of rotatable bonds is 6. The van der Waals surface area contributed by atoms with Crippen molar-refractivity contribution in [1.82, 2.24) is 4.98 Å². The van der Waals surface area contributed by atoms with E-state index in [0.29, 0.717) is 5.69 Å². The lowest BCUT2D eigenvalue weighted by atomic mass is 9.85. The molecule has 0 bridgehead atoms. The van der Waals surface area contributed by atoms with E-state index in [1.165, 1.54) is 0 Å². The number of anilines is 2. The van der Waals surface area contributed by atoms with E-state index >= 15 is 0 Å². The summed E-state index contributed by atoms with van der Waals surface area (Å²) in [4.78, 5) is 28.7. The van der Waals surface area contributed by atoms with Gasteiger partial charge in [-0.25, -0.2) is 4.98 Å². The van der Waals surface area contributed by atoms with E-state index in [2.05, 4.69) is 10.3 Å². The normalized spacial score (nSPS) is 11.0. The molecule has 6 heteroatoms. The van der Waals surface area contributed by atoms with Gasteiger partial charge in [0.05, 0.1) is 18.3 Å². The molecule has 0 spiro atoms. The summed E-state index contributed by atoms with van der Waals surface area (Å²) >= 11 is 0. The van der Waals surface area contributed by atoms with Crippen LogP contribution in [0.1, 0.15) is 26.7 Å². The Morgan fingerprint density at radius 3 is 2.40 bits per heavy atom. The summed E-state index contributed by atoms with van der Waals surface area (Å²) in [7, 11) is 3.77. The molecule has 2 N–H and O–H groups in total. The number of carbonyl (C=O) groups excluding carboxylic acids is 1. The third-order valence-electron chi connectivity index (χ3n) is 2.76. The lowest BCUT2D eigenvalue weighted by Crippen LogP contribution is -2.24. The van der Waals surface area contributed by atoms with Crippen LogP contribution < -0.4 is 10.2 Å². The molecule has 0 atom stereocenters. The van der Waals surface area contributed by atoms with Gasteiger partial charge in [-0.1, -0.05) is 13.8 Å². The molecule has 20 heavy (non-hydrogen) atoms. The van der Waals surface area contributed by atoms with Crippen molar-refractivity contribution in [1.29, 1.82) is 0 Å². The zero-order valence-corrected chi connectivity index (χ0v) is 12.3. The minimum absolute atomic E-state index is 0.0434. The standard InChI is InChI=1S/C14H21N3O3/c1-14(2,8-13(19)20)7-12(18)16-10-5-6-11(15-9-10)17(3)4/h5-6,9H,7-8H2,1-4H3,(H,16,18)(H,19,20). The third kappa shape index (κ3) is 5.26. The fourth-order valence-electron chi connectivity index (χ4n) is 1.84. The van der Waals surface area contributed by atoms with Crippen molar-refractivity contribution in [2.24, 2.45) is 5.41 Å². The molecular formula is C14H21N3O3. The van der Waals surface area contributed by atoms with Crippen LogP contribution in [0.4, 0.5) is 11.5 Å². The Labute approximate surface area is 118 Å². The van der Waals surface area contributed by atoms with E-state index in [1.807, 2.05) is 19.0 Å². The van der Waals surface area contributed by atoms with E-state index in [1.54, 1.807) is 32.2 Å². The van der Waals surface area contributed by atoms with Gasteiger partial charge in [-0.2, -0.15) is 0 Å². The Balaban J connectivity index is 2.60. The minimum atomic E-state index is -0.903. The molecule has 0 unspecified atom stereocenters. The highest BCUT2D eigenvalue weighted by Crippen LogP contribution is 2.25. The van der Waals surface area contributed by atoms with Crippen LogP contribution >= 0.6 is 0 Å². The van der Waals surface area contributed by atoms with Crippen LogP contribution in [0.25, 0.3) is 0 Å². The number of amides is 1. The second-order valence-corrected chi connectivity index (χ2v) is 5.76. The van der Waals surface area contributed by atoms with Gasteiger partial charge in [0, 0.05) is 20.5 Å². The number of nitrogens with one attached hydrogen (secondary N) is 1. The first-order valence-corrected chi connectivity index (χ1v) is 6.35. The zero-order valence-electron chi connectivity index (χ0n) is 12.3. The van der Waals surface area contributed by atoms with Crippen molar-refractivity contribution in [3.05, 3.63) is 18.3 Å². The molecule has 1 aromatic heterocycles. The number of carbonyl (C=O) groups is 2. The Hall–Kier alpha value is -2.11. The first-order chi connectivity index (χ1) is 9.19. The molecule has 0 aliphatic rings. The summed E-state index contributed by atoms with van der Waals surface area (Å²) in [5, 5.41) is 11.5. The van der Waals surface area contributed by atoms with Crippen molar-refractivity contribution in [2.45, 2.75) is 26.7 Å². The van der Waals surface area contributed by atoms with Gasteiger partial charge in [0.25, 0.3) is 0 Å². The molecule has 110 valence electrons. The molecular weight excluding hydrogens is 258 g/mol. The number of nitrogens with zero attached hydrogens (tertiary/aromatic N) is 2. The van der Waals surface area contributed by atoms with Gasteiger partial charge in [0.2, 0.25) is 5.91 Å². The number of carboxylic acid groups (broad SMARTS) is 1. The lowest BCUT2D eigenvalue weighted by Gasteiger charge is -2.21. The van der Waals surface area contributed by atoms with Gasteiger partial charge in [0.15, 0.2) is 0 Å². The predicted octanol–water partition coefficient (Wildman–Crippen LogP) is 1.98. The summed E-state index contributed by atoms with van der Waals surface area (Å²) in [6, 6.07) is 3.57. The van der Waals surface area contributed by atoms with E-state index < -0.39 is 11.4 Å². The topological polar surface area (TPSA) is 82.5 Å². The number of hydrogen-bond acceptors (Lipinski definition) is 4. The fourth-order valence-corrected chi connectivity index (χ4v) is 1.84. The molecule has 0 aromatic carbocycles. The molecule has 1 heterocycles. The summed E-state index contributed by atoms with van der Waals surface area (Å²) in [5.41, 5.74) is 0.0270. The van der Waals surface area contributed by atoms with Crippen LogP contribution in [0.5, 0.6) is 0 Å². The second kappa shape index (κ2) is 6.36. The Morgan fingerprint density at radius 2 is 1.95 bits per heavy atom. The Morgan fingerprint density at radius 1 is 1.30 bits per heavy atom. The number of pyridine rings is 1. The maximum Gasteiger partial charge on any atom is 0.303 e. The third-order valence-corrected chi connectivity index (χ3v) is 2.76. The van der Waals surface area contributed by atoms with Crippen molar-refractivity contribution < 1.29 is 14.7 Å². The molecule has 0 aliphatic heterocycles. The molecule has 0 saturated heterocycles. The predicted molar refractivity (Wildman–Crippen MR) is 77.8 cm³/mol. The van der Waals surface area contributed by atoms with Crippen LogP contribution in [0.2, 0.25) is 0 Å². The van der Waals surface area contributed by atoms with Crippen LogP contribution in [0.3, 0.4) is 0 Å². The smallest absolute Gasteiger partial charge is 0.303 e. The van der Waals surface area contributed by atoms with Crippen molar-refractivity contribution in [3.8, 4) is 0 Å². The Kier molecular flexibility index (Phi) is 5.07. The monoisotopic (exact) mass is 279 g/mol. The molecule has 1 amide bonds. The molecule has 0 aliphatic carbocycles. The second-order valence-electron chi connectivity index (χ2n) is 5.76. The average Bonchev–Trinajstić information content (AvgIpc) is 2.26.